The van der Waals surface area contributed by atoms with Crippen LogP contribution in [0.15, 0.2) is 16.5 Å². The maximum Gasteiger partial charge on any atom is 0.433 e. The zero-order valence-corrected chi connectivity index (χ0v) is 11.2. The third-order valence-corrected chi connectivity index (χ3v) is 3.10. The van der Waals surface area contributed by atoms with Crippen LogP contribution in [0.4, 0.5) is 5.88 Å². The van der Waals surface area contributed by atoms with Gasteiger partial charge in [-0.05, 0) is 31.5 Å². The lowest BCUT2D eigenvalue weighted by Gasteiger charge is -2.29. The summed E-state index contributed by atoms with van der Waals surface area (Å²) in [4.78, 5) is 21.6. The van der Waals surface area contributed by atoms with Crippen LogP contribution in [-0.2, 0) is 0 Å². The van der Waals surface area contributed by atoms with Gasteiger partial charge in [0, 0.05) is 6.04 Å². The monoisotopic (exact) mass is 289 g/mol. The molecule has 2 atom stereocenters. The summed E-state index contributed by atoms with van der Waals surface area (Å²) in [5.41, 5.74) is 0. The van der Waals surface area contributed by atoms with Crippen LogP contribution in [0.3, 0.4) is 0 Å². The number of hydrogen-bond donors (Lipinski definition) is 2. The van der Waals surface area contributed by atoms with Crippen LogP contribution in [0.5, 0.6) is 0 Å². The van der Waals surface area contributed by atoms with Crippen molar-refractivity contribution >= 4 is 24.2 Å². The summed E-state index contributed by atoms with van der Waals surface area (Å²) in [5.74, 6) is -0.513. The van der Waals surface area contributed by atoms with E-state index in [-0.39, 0.29) is 24.2 Å². The summed E-state index contributed by atoms with van der Waals surface area (Å²) in [5, 5.41) is 16.5. The Morgan fingerprint density at radius 2 is 2.32 bits per heavy atom. The first kappa shape index (κ1) is 15.5. The van der Waals surface area contributed by atoms with Gasteiger partial charge in [-0.3, -0.25) is 14.9 Å². The standard InChI is InChI=1S/C11H15N3O4.ClH/c1-7-6-12-5-4-8(7)13-11(15)9-2-3-10(18-9)14(16)17;/h2-3,7-8,12H,4-6H2,1H3,(H,13,15);1H. The van der Waals surface area contributed by atoms with Crippen LogP contribution < -0.4 is 10.6 Å². The highest BCUT2D eigenvalue weighted by atomic mass is 35.5. The Balaban J connectivity index is 0.00000180. The van der Waals surface area contributed by atoms with E-state index in [2.05, 4.69) is 10.6 Å². The molecule has 0 aliphatic carbocycles. The summed E-state index contributed by atoms with van der Waals surface area (Å²) < 4.78 is 4.86. The molecular formula is C11H16ClN3O4. The predicted molar refractivity (Wildman–Crippen MR) is 70.5 cm³/mol. The van der Waals surface area contributed by atoms with E-state index in [1.54, 1.807) is 0 Å². The van der Waals surface area contributed by atoms with Crippen LogP contribution in [-0.4, -0.2) is 30.0 Å². The number of nitrogens with one attached hydrogen (secondary N) is 2. The normalized spacial score (nSPS) is 22.4. The molecule has 0 bridgehead atoms. The second kappa shape index (κ2) is 6.53. The summed E-state index contributed by atoms with van der Waals surface area (Å²) in [6.45, 7) is 3.75. The average molecular weight is 290 g/mol. The van der Waals surface area contributed by atoms with E-state index in [4.69, 9.17) is 4.42 Å². The van der Waals surface area contributed by atoms with Gasteiger partial charge in [-0.2, -0.15) is 0 Å². The Morgan fingerprint density at radius 1 is 1.58 bits per heavy atom. The topological polar surface area (TPSA) is 97.4 Å². The van der Waals surface area contributed by atoms with E-state index in [0.717, 1.165) is 19.5 Å². The second-order valence-electron chi connectivity index (χ2n) is 4.45. The van der Waals surface area contributed by atoms with E-state index in [9.17, 15) is 14.9 Å². The molecule has 2 unspecified atom stereocenters. The van der Waals surface area contributed by atoms with Crippen molar-refractivity contribution in [1.29, 1.82) is 0 Å². The number of furan rings is 1. The third-order valence-electron chi connectivity index (χ3n) is 3.10. The summed E-state index contributed by atoms with van der Waals surface area (Å²) in [7, 11) is 0. The van der Waals surface area contributed by atoms with Crippen molar-refractivity contribution in [2.24, 2.45) is 5.92 Å². The SMILES string of the molecule is CC1CNCCC1NC(=O)c1ccc([N+](=O)[O-])o1.Cl. The van der Waals surface area contributed by atoms with Crippen LogP contribution in [0, 0.1) is 16.0 Å². The fraction of sp³-hybridized carbons (Fsp3) is 0.545. The van der Waals surface area contributed by atoms with Crippen molar-refractivity contribution in [3.8, 4) is 0 Å². The average Bonchev–Trinajstić information content (AvgIpc) is 2.81. The van der Waals surface area contributed by atoms with Gasteiger partial charge in [0.25, 0.3) is 5.91 Å². The van der Waals surface area contributed by atoms with Crippen LogP contribution in [0.25, 0.3) is 0 Å². The van der Waals surface area contributed by atoms with E-state index >= 15 is 0 Å². The number of halogens is 1. The van der Waals surface area contributed by atoms with Crippen molar-refractivity contribution in [1.82, 2.24) is 10.6 Å². The minimum absolute atomic E-state index is 0. The maximum atomic E-state index is 11.8. The highest BCUT2D eigenvalue weighted by Crippen LogP contribution is 2.17. The van der Waals surface area contributed by atoms with Crippen LogP contribution in [0.1, 0.15) is 23.9 Å². The molecule has 1 amide bonds. The molecule has 8 heteroatoms. The molecule has 0 radical (unpaired) electrons. The molecule has 19 heavy (non-hydrogen) atoms. The van der Waals surface area contributed by atoms with Gasteiger partial charge < -0.3 is 15.1 Å². The Labute approximate surface area is 116 Å². The minimum atomic E-state index is -0.663. The number of nitrogens with zero attached hydrogens (tertiary/aromatic N) is 1. The molecule has 0 saturated carbocycles. The zero-order chi connectivity index (χ0) is 13.1. The van der Waals surface area contributed by atoms with Gasteiger partial charge in [-0.25, -0.2) is 0 Å². The fourth-order valence-electron chi connectivity index (χ4n) is 2.02. The molecule has 7 nitrogen and oxygen atoms in total. The van der Waals surface area contributed by atoms with Crippen molar-refractivity contribution in [2.45, 2.75) is 19.4 Å². The fourth-order valence-corrected chi connectivity index (χ4v) is 2.02. The molecule has 2 N–H and O–H groups in total. The quantitative estimate of drug-likeness (QED) is 0.646. The van der Waals surface area contributed by atoms with Gasteiger partial charge in [0.1, 0.15) is 4.92 Å². The summed E-state index contributed by atoms with van der Waals surface area (Å²) >= 11 is 0. The molecule has 1 aliphatic rings. The van der Waals surface area contributed by atoms with E-state index < -0.39 is 16.7 Å². The summed E-state index contributed by atoms with van der Waals surface area (Å²) in [6, 6.07) is 2.57. The first-order valence-corrected chi connectivity index (χ1v) is 5.83. The van der Waals surface area contributed by atoms with Gasteiger partial charge in [0.05, 0.1) is 6.07 Å². The first-order valence-electron chi connectivity index (χ1n) is 5.83. The number of piperidine rings is 1. The molecule has 0 aromatic carbocycles. The lowest BCUT2D eigenvalue weighted by Crippen LogP contribution is -2.48. The Bertz CT molecular complexity index is 463. The lowest BCUT2D eigenvalue weighted by molar-refractivity contribution is -0.402. The van der Waals surface area contributed by atoms with E-state index in [1.165, 1.54) is 12.1 Å². The Kier molecular flexibility index (Phi) is 5.31. The molecule has 0 spiro atoms. The molecule has 1 saturated heterocycles. The Hall–Kier alpha value is -1.60. The molecule has 1 aromatic rings. The third kappa shape index (κ3) is 3.68. The second-order valence-corrected chi connectivity index (χ2v) is 4.45. The molecule has 1 aromatic heterocycles. The van der Waals surface area contributed by atoms with Crippen molar-refractivity contribution in [2.75, 3.05) is 13.1 Å². The lowest BCUT2D eigenvalue weighted by atomic mass is 9.95. The molecular weight excluding hydrogens is 274 g/mol. The number of nitro groups is 1. The number of carbonyl (C=O) groups is 1. The predicted octanol–water partition coefficient (Wildman–Crippen LogP) is 1.34. The number of carbonyl (C=O) groups excluding carboxylic acids is 1. The molecule has 106 valence electrons. The first-order chi connectivity index (χ1) is 8.58. The highest BCUT2D eigenvalue weighted by molar-refractivity contribution is 5.91. The number of rotatable bonds is 3. The number of amides is 1. The minimum Gasteiger partial charge on any atom is -0.395 e. The smallest absolute Gasteiger partial charge is 0.395 e. The number of hydrogen-bond acceptors (Lipinski definition) is 5. The van der Waals surface area contributed by atoms with Crippen molar-refractivity contribution < 1.29 is 14.1 Å². The van der Waals surface area contributed by atoms with Crippen LogP contribution in [0.2, 0.25) is 0 Å². The van der Waals surface area contributed by atoms with Gasteiger partial charge in [0.2, 0.25) is 0 Å². The molecule has 1 aliphatic heterocycles. The van der Waals surface area contributed by atoms with Gasteiger partial charge >= 0.3 is 5.88 Å². The van der Waals surface area contributed by atoms with Crippen molar-refractivity contribution in [3.05, 3.63) is 28.0 Å². The summed E-state index contributed by atoms with van der Waals surface area (Å²) in [6.07, 6.45) is 0.843. The largest absolute Gasteiger partial charge is 0.433 e. The van der Waals surface area contributed by atoms with Gasteiger partial charge in [-0.15, -0.1) is 12.4 Å². The van der Waals surface area contributed by atoms with E-state index in [1.807, 2.05) is 6.92 Å². The maximum absolute atomic E-state index is 11.8. The van der Waals surface area contributed by atoms with Crippen LogP contribution >= 0.6 is 12.4 Å². The van der Waals surface area contributed by atoms with Crippen molar-refractivity contribution in [3.63, 3.8) is 0 Å². The molecule has 1 fully saturated rings. The zero-order valence-electron chi connectivity index (χ0n) is 10.4. The Morgan fingerprint density at radius 3 is 2.89 bits per heavy atom. The van der Waals surface area contributed by atoms with E-state index in [0.29, 0.717) is 5.92 Å². The molecule has 2 heterocycles. The highest BCUT2D eigenvalue weighted by Gasteiger charge is 2.25. The molecule has 2 rings (SSSR count). The van der Waals surface area contributed by atoms with Gasteiger partial charge in [0.15, 0.2) is 5.76 Å². The van der Waals surface area contributed by atoms with Gasteiger partial charge in [-0.1, -0.05) is 6.92 Å².